The minimum absolute atomic E-state index is 0.241. The number of aromatic nitrogens is 2. The van der Waals surface area contributed by atoms with Crippen molar-refractivity contribution in [1.29, 1.82) is 0 Å². The second kappa shape index (κ2) is 8.31. The van der Waals surface area contributed by atoms with Crippen LogP contribution in [0.3, 0.4) is 0 Å². The molecule has 1 aromatic heterocycles. The number of hydrogen-bond acceptors (Lipinski definition) is 7. The van der Waals surface area contributed by atoms with Crippen molar-refractivity contribution in [2.24, 2.45) is 0 Å². The zero-order chi connectivity index (χ0) is 15.0. The Labute approximate surface area is 119 Å². The van der Waals surface area contributed by atoms with Gasteiger partial charge in [-0.3, -0.25) is 4.79 Å². The number of esters is 1. The van der Waals surface area contributed by atoms with E-state index in [0.29, 0.717) is 32.1 Å². The number of nitrogens with zero attached hydrogens (tertiary/aromatic N) is 4. The molecule has 0 N–H and O–H groups in total. The zero-order valence-electron chi connectivity index (χ0n) is 12.5. The fourth-order valence-electron chi connectivity index (χ4n) is 1.60. The lowest BCUT2D eigenvalue weighted by atomic mass is 10.3. The molecular formula is C13H22N4O3. The molecule has 20 heavy (non-hydrogen) atoms. The number of hydrogen-bond donors (Lipinski definition) is 0. The van der Waals surface area contributed by atoms with Gasteiger partial charge in [-0.25, -0.2) is 4.98 Å². The monoisotopic (exact) mass is 282 g/mol. The Morgan fingerprint density at radius 1 is 1.30 bits per heavy atom. The van der Waals surface area contributed by atoms with E-state index in [2.05, 4.69) is 14.7 Å². The fraction of sp³-hybridized carbons (Fsp3) is 0.615. The van der Waals surface area contributed by atoms with Crippen molar-refractivity contribution in [3.63, 3.8) is 0 Å². The minimum atomic E-state index is -0.241. The third-order valence-corrected chi connectivity index (χ3v) is 2.73. The molecule has 0 atom stereocenters. The van der Waals surface area contributed by atoms with Gasteiger partial charge in [0.05, 0.1) is 20.1 Å². The van der Waals surface area contributed by atoms with E-state index in [1.807, 2.05) is 30.0 Å². The minimum Gasteiger partial charge on any atom is -0.469 e. The van der Waals surface area contributed by atoms with Crippen LogP contribution in [0.15, 0.2) is 12.3 Å². The molecule has 1 aromatic rings. The quantitative estimate of drug-likeness (QED) is 0.645. The Kier molecular flexibility index (Phi) is 6.72. The summed E-state index contributed by atoms with van der Waals surface area (Å²) in [7, 11) is 6.79. The summed E-state index contributed by atoms with van der Waals surface area (Å²) in [6.07, 6.45) is 2.01. The molecular weight excluding hydrogens is 260 g/mol. The lowest BCUT2D eigenvalue weighted by Gasteiger charge is -2.23. The Hall–Kier alpha value is -1.89. The molecule has 7 heteroatoms. The van der Waals surface area contributed by atoms with E-state index < -0.39 is 0 Å². The first-order chi connectivity index (χ1) is 9.58. The average molecular weight is 282 g/mol. The van der Waals surface area contributed by atoms with E-state index in [4.69, 9.17) is 4.74 Å². The van der Waals surface area contributed by atoms with E-state index in [1.165, 1.54) is 7.11 Å². The van der Waals surface area contributed by atoms with Gasteiger partial charge < -0.3 is 19.3 Å². The van der Waals surface area contributed by atoms with Crippen LogP contribution in [-0.2, 0) is 14.3 Å². The first kappa shape index (κ1) is 16.2. The zero-order valence-corrected chi connectivity index (χ0v) is 12.5. The van der Waals surface area contributed by atoms with Crippen molar-refractivity contribution in [1.82, 2.24) is 9.97 Å². The molecule has 0 amide bonds. The molecule has 0 radical (unpaired) electrons. The van der Waals surface area contributed by atoms with E-state index >= 15 is 0 Å². The van der Waals surface area contributed by atoms with E-state index in [-0.39, 0.29) is 5.97 Å². The Balaban J connectivity index is 2.80. The number of carbonyl (C=O) groups excluding carboxylic acids is 1. The molecule has 0 aliphatic heterocycles. The summed E-state index contributed by atoms with van der Waals surface area (Å²) < 4.78 is 9.76. The van der Waals surface area contributed by atoms with Gasteiger partial charge in [0.25, 0.3) is 0 Å². The van der Waals surface area contributed by atoms with Crippen LogP contribution in [0.2, 0.25) is 0 Å². The third kappa shape index (κ3) is 5.00. The van der Waals surface area contributed by atoms with E-state index in [9.17, 15) is 4.79 Å². The number of ether oxygens (including phenoxy) is 2. The van der Waals surface area contributed by atoms with E-state index in [1.54, 1.807) is 13.3 Å². The standard InChI is InChI=1S/C13H22N4O3/c1-16(2)13-14-7-5-11(15-13)17(9-10-19-3)8-6-12(18)20-4/h5,7H,6,8-10H2,1-4H3. The van der Waals surface area contributed by atoms with Crippen LogP contribution in [0.1, 0.15) is 6.42 Å². The highest BCUT2D eigenvalue weighted by Gasteiger charge is 2.12. The highest BCUT2D eigenvalue weighted by atomic mass is 16.5. The van der Waals surface area contributed by atoms with Crippen molar-refractivity contribution < 1.29 is 14.3 Å². The summed E-state index contributed by atoms with van der Waals surface area (Å²) in [6.45, 7) is 1.74. The van der Waals surface area contributed by atoms with Crippen molar-refractivity contribution in [3.8, 4) is 0 Å². The van der Waals surface area contributed by atoms with Crippen molar-refractivity contribution in [2.75, 3.05) is 57.8 Å². The highest BCUT2D eigenvalue weighted by Crippen LogP contribution is 2.14. The smallest absolute Gasteiger partial charge is 0.307 e. The van der Waals surface area contributed by atoms with Gasteiger partial charge in [-0.05, 0) is 6.07 Å². The van der Waals surface area contributed by atoms with Gasteiger partial charge in [0.15, 0.2) is 0 Å². The largest absolute Gasteiger partial charge is 0.469 e. The predicted octanol–water partition coefficient (Wildman–Crippen LogP) is 0.558. The highest BCUT2D eigenvalue weighted by molar-refractivity contribution is 5.69. The molecule has 1 heterocycles. The maximum atomic E-state index is 11.3. The van der Waals surface area contributed by atoms with Gasteiger partial charge in [-0.2, -0.15) is 4.98 Å². The molecule has 0 bridgehead atoms. The van der Waals surface area contributed by atoms with Crippen LogP contribution in [0.5, 0.6) is 0 Å². The number of methoxy groups -OCH3 is 2. The van der Waals surface area contributed by atoms with Crippen molar-refractivity contribution >= 4 is 17.7 Å². The number of rotatable bonds is 8. The van der Waals surface area contributed by atoms with Gasteiger partial charge in [-0.1, -0.05) is 0 Å². The van der Waals surface area contributed by atoms with Crippen molar-refractivity contribution in [2.45, 2.75) is 6.42 Å². The molecule has 0 aliphatic rings. The van der Waals surface area contributed by atoms with Crippen LogP contribution in [0.4, 0.5) is 11.8 Å². The van der Waals surface area contributed by atoms with E-state index in [0.717, 1.165) is 5.82 Å². The summed E-state index contributed by atoms with van der Waals surface area (Å²) in [5.41, 5.74) is 0. The number of carbonyl (C=O) groups is 1. The molecule has 1 rings (SSSR count). The van der Waals surface area contributed by atoms with Gasteiger partial charge in [0.1, 0.15) is 5.82 Å². The summed E-state index contributed by atoms with van der Waals surface area (Å²) in [5, 5.41) is 0. The lowest BCUT2D eigenvalue weighted by molar-refractivity contribution is -0.140. The molecule has 0 unspecified atom stereocenters. The first-order valence-corrected chi connectivity index (χ1v) is 6.39. The van der Waals surface area contributed by atoms with Gasteiger partial charge in [0, 0.05) is 40.5 Å². The second-order valence-electron chi connectivity index (χ2n) is 4.42. The molecule has 0 saturated carbocycles. The Morgan fingerprint density at radius 3 is 2.65 bits per heavy atom. The summed E-state index contributed by atoms with van der Waals surface area (Å²) in [5.74, 6) is 1.15. The van der Waals surface area contributed by atoms with Crippen molar-refractivity contribution in [3.05, 3.63) is 12.3 Å². The van der Waals surface area contributed by atoms with Gasteiger partial charge in [0.2, 0.25) is 5.95 Å². The van der Waals surface area contributed by atoms with Crippen LogP contribution in [-0.4, -0.2) is 63.9 Å². The average Bonchev–Trinajstić information content (AvgIpc) is 2.47. The lowest BCUT2D eigenvalue weighted by Crippen LogP contribution is -2.31. The number of anilines is 2. The van der Waals surface area contributed by atoms with Crippen LogP contribution >= 0.6 is 0 Å². The Bertz CT molecular complexity index is 426. The molecule has 0 spiro atoms. The fourth-order valence-corrected chi connectivity index (χ4v) is 1.60. The maximum absolute atomic E-state index is 11.3. The SMILES string of the molecule is COCCN(CCC(=O)OC)c1ccnc(N(C)C)n1. The molecule has 7 nitrogen and oxygen atoms in total. The van der Waals surface area contributed by atoms with Gasteiger partial charge >= 0.3 is 5.97 Å². The second-order valence-corrected chi connectivity index (χ2v) is 4.42. The molecule has 0 saturated heterocycles. The molecule has 0 aromatic carbocycles. The van der Waals surface area contributed by atoms with Crippen LogP contribution < -0.4 is 9.80 Å². The predicted molar refractivity (Wildman–Crippen MR) is 77.1 cm³/mol. The summed E-state index contributed by atoms with van der Waals surface area (Å²) >= 11 is 0. The third-order valence-electron chi connectivity index (χ3n) is 2.73. The Morgan fingerprint density at radius 2 is 2.05 bits per heavy atom. The normalized spacial score (nSPS) is 10.2. The maximum Gasteiger partial charge on any atom is 0.307 e. The van der Waals surface area contributed by atoms with Crippen LogP contribution in [0.25, 0.3) is 0 Å². The summed E-state index contributed by atoms with van der Waals surface area (Å²) in [6, 6.07) is 1.82. The first-order valence-electron chi connectivity index (χ1n) is 6.39. The molecule has 0 fully saturated rings. The molecule has 0 aliphatic carbocycles. The summed E-state index contributed by atoms with van der Waals surface area (Å²) in [4.78, 5) is 23.7. The van der Waals surface area contributed by atoms with Gasteiger partial charge in [-0.15, -0.1) is 0 Å². The topological polar surface area (TPSA) is 67.8 Å². The van der Waals surface area contributed by atoms with Crippen LogP contribution in [0, 0.1) is 0 Å². The molecule has 112 valence electrons.